The Labute approximate surface area is 748 Å². The molecule has 0 aliphatic heterocycles. The molecule has 0 bridgehead atoms. The van der Waals surface area contributed by atoms with Crippen molar-refractivity contribution in [2.45, 2.75) is 181 Å². The van der Waals surface area contributed by atoms with E-state index in [1.807, 2.05) is 54.0 Å². The van der Waals surface area contributed by atoms with Gasteiger partial charge in [0.25, 0.3) is 12.9 Å². The van der Waals surface area contributed by atoms with E-state index in [1.54, 1.807) is 0 Å². The summed E-state index contributed by atoms with van der Waals surface area (Å²) in [6.45, 7) is 14.8. The maximum absolute atomic E-state index is 11.5. The standard InChI is InChI=1S/C77H94N4O8.C15H10N.C11H15NO7.Ir/c1-5-7-17-61-22-31-66(32-23-61)80(65-29-19-59(3)20-30-65)69-37-39-70(40-38-69)81(67-33-24-62(25-34-67)18-8-6-2)68-35-26-63(27-36-68)64-28-42-72-71-41-21-60(4)55-73(71)77(74(72)56-64,45-13-9-11-15-47-78(49-43-75(84)85)51-53-88-57-82)46-14-10-12-16-48-79(50-44-76(86)87)52-54-89-58-83;1-2-7-13(8-3-1)15-14-9-5-4-6-12(14)10-11-16-15;1-6(13)4-7(14)2-3-9(15)12-8(11(18)19)5-10(16)17;/h19-42,55-58H,5-18,43-54H2,1-4H3,(H,84,85)(H,86,87);1-7,9-11H;4,8,13H,2-3,5H2,1H3,(H,12,15)(H,16,17)(H,18,19);/q;-1;;. The Kier molecular flexibility index (Phi) is 41.0. The van der Waals surface area contributed by atoms with Gasteiger partial charge in [0.1, 0.15) is 19.3 Å². The second-order valence-electron chi connectivity index (χ2n) is 31.7. The Morgan fingerprint density at radius 1 is 0.480 bits per heavy atom. The second kappa shape index (κ2) is 52.0. The summed E-state index contributed by atoms with van der Waals surface area (Å²) in [5, 5.41) is 49.2. The number of rotatable bonds is 50. The first-order valence-electron chi connectivity index (χ1n) is 43.4. The third kappa shape index (κ3) is 30.8. The fourth-order valence-electron chi connectivity index (χ4n) is 15.9. The SMILES string of the molecule is CC(O)=CC(=O)CCC(=O)NC(CC(=O)O)C(=O)O.CCCCc1ccc(N(c2ccc(C)cc2)c2ccc(N(c3ccc(CCCC)cc3)c3ccc(-c4ccc5c(c4)C(CCCCCCN(CCOC=O)CCC(=O)O)(CCCCCCN(CCOC=O)CCC(=O)O)c4cc(C)ccc4-5)cc3)cc2)cc1.[Ir].[c-]1ccccc1-c1nccc2ccccc12. The van der Waals surface area contributed by atoms with Crippen molar-refractivity contribution in [1.82, 2.24) is 20.1 Å². The number of amides is 1. The van der Waals surface area contributed by atoms with E-state index in [0.29, 0.717) is 39.1 Å². The number of pyridine rings is 1. The molecule has 0 spiro atoms. The van der Waals surface area contributed by atoms with E-state index in [-0.39, 0.29) is 70.2 Å². The molecule has 1 unspecified atom stereocenters. The number of benzene rings is 9. The van der Waals surface area contributed by atoms with Crippen LogP contribution in [0.3, 0.4) is 0 Å². The topological polar surface area (TPSA) is 294 Å². The van der Waals surface area contributed by atoms with Crippen LogP contribution in [0.25, 0.3) is 44.3 Å². The molecule has 1 amide bonds. The summed E-state index contributed by atoms with van der Waals surface area (Å²) in [6, 6.07) is 79.0. The van der Waals surface area contributed by atoms with E-state index in [4.69, 9.17) is 24.8 Å². The molecule has 661 valence electrons. The first-order valence-corrected chi connectivity index (χ1v) is 43.4. The Morgan fingerprint density at radius 2 is 0.944 bits per heavy atom. The first kappa shape index (κ1) is 98.5. The number of carbonyl (C=O) groups is 8. The van der Waals surface area contributed by atoms with Gasteiger partial charge in [-0.15, -0.1) is 35.9 Å². The average molecular weight is 1870 g/mol. The van der Waals surface area contributed by atoms with Gasteiger partial charge in [-0.25, -0.2) is 4.79 Å². The van der Waals surface area contributed by atoms with Crippen molar-refractivity contribution in [3.05, 3.63) is 270 Å². The Bertz CT molecular complexity index is 5050. The predicted molar refractivity (Wildman–Crippen MR) is 490 cm³/mol. The predicted octanol–water partition coefficient (Wildman–Crippen LogP) is 21.2. The summed E-state index contributed by atoms with van der Waals surface area (Å²) in [5.74, 6) is -5.93. The molecule has 6 N–H and O–H groups in total. The van der Waals surface area contributed by atoms with Gasteiger partial charge in [0.05, 0.1) is 25.0 Å². The normalized spacial score (nSPS) is 11.9. The summed E-state index contributed by atoms with van der Waals surface area (Å²) in [4.78, 5) is 102. The van der Waals surface area contributed by atoms with Crippen LogP contribution in [0.15, 0.2) is 230 Å². The van der Waals surface area contributed by atoms with E-state index in [0.717, 1.165) is 160 Å². The van der Waals surface area contributed by atoms with Crippen LogP contribution in [0, 0.1) is 19.9 Å². The summed E-state index contributed by atoms with van der Waals surface area (Å²) >= 11 is 0. The van der Waals surface area contributed by atoms with Crippen LogP contribution in [-0.4, -0.2) is 147 Å². The number of aromatic nitrogens is 1. The third-order valence-corrected chi connectivity index (χ3v) is 22.4. The van der Waals surface area contributed by atoms with Gasteiger partial charge in [-0.2, -0.15) is 0 Å². The van der Waals surface area contributed by atoms with Crippen molar-refractivity contribution in [2.24, 2.45) is 0 Å². The third-order valence-electron chi connectivity index (χ3n) is 22.4. The Balaban J connectivity index is 0.000000440. The molecule has 1 aromatic heterocycles. The van der Waals surface area contributed by atoms with Crippen molar-refractivity contribution in [3.63, 3.8) is 0 Å². The molecule has 22 heteroatoms. The smallest absolute Gasteiger partial charge is 0.326 e. The quantitative estimate of drug-likeness (QED) is 0.00679. The van der Waals surface area contributed by atoms with Gasteiger partial charge in [-0.3, -0.25) is 43.4 Å². The number of carboxylic acids is 4. The van der Waals surface area contributed by atoms with E-state index in [1.165, 1.54) is 80.6 Å². The van der Waals surface area contributed by atoms with Gasteiger partial charge in [0, 0.05) is 111 Å². The zero-order chi connectivity index (χ0) is 88.6. The van der Waals surface area contributed by atoms with Crippen molar-refractivity contribution in [3.8, 4) is 33.5 Å². The van der Waals surface area contributed by atoms with Gasteiger partial charge in [-0.1, -0.05) is 179 Å². The molecule has 1 aliphatic rings. The minimum atomic E-state index is -1.53. The molecule has 1 aliphatic carbocycles. The molecule has 11 rings (SSSR count). The second-order valence-corrected chi connectivity index (χ2v) is 31.7. The molecule has 21 nitrogen and oxygen atoms in total. The Hall–Kier alpha value is -11.9. The molecule has 9 aromatic carbocycles. The number of ketones is 1. The number of aryl methyl sites for hydroxylation is 4. The Morgan fingerprint density at radius 3 is 1.42 bits per heavy atom. The minimum Gasteiger partial charge on any atom is -0.512 e. The van der Waals surface area contributed by atoms with E-state index < -0.39 is 48.0 Å². The number of hydrogen-bond donors (Lipinski definition) is 6. The van der Waals surface area contributed by atoms with Gasteiger partial charge in [0.15, 0.2) is 5.78 Å². The molecule has 0 saturated heterocycles. The number of allylic oxidation sites excluding steroid dienone is 2. The van der Waals surface area contributed by atoms with Crippen LogP contribution < -0.4 is 15.1 Å². The number of unbranched alkanes of at least 4 members (excludes halogenated alkanes) is 8. The molecule has 1 radical (unpaired) electrons. The van der Waals surface area contributed by atoms with Crippen LogP contribution in [0.1, 0.15) is 176 Å². The molecule has 0 saturated carbocycles. The molecular weight excluding hydrogens is 1750 g/mol. The summed E-state index contributed by atoms with van der Waals surface area (Å²) < 4.78 is 9.96. The fourth-order valence-corrected chi connectivity index (χ4v) is 15.9. The largest absolute Gasteiger partial charge is 0.512 e. The van der Waals surface area contributed by atoms with Crippen LogP contribution in [0.4, 0.5) is 34.1 Å². The number of carboxylic acid groups (broad SMARTS) is 4. The van der Waals surface area contributed by atoms with Crippen molar-refractivity contribution >= 4 is 93.4 Å². The van der Waals surface area contributed by atoms with Gasteiger partial charge >= 0.3 is 23.9 Å². The molecule has 1 atom stereocenters. The van der Waals surface area contributed by atoms with Gasteiger partial charge in [0.2, 0.25) is 5.91 Å². The van der Waals surface area contributed by atoms with Crippen LogP contribution in [0.2, 0.25) is 0 Å². The number of carbonyl (C=O) groups excluding carboxylic acids is 4. The maximum atomic E-state index is 11.5. The van der Waals surface area contributed by atoms with E-state index >= 15 is 0 Å². The van der Waals surface area contributed by atoms with Crippen molar-refractivity contribution in [1.29, 1.82) is 0 Å². The number of anilines is 6. The number of ether oxygens (including phenoxy) is 2. The molecule has 1 heterocycles. The first-order chi connectivity index (χ1) is 60.1. The van der Waals surface area contributed by atoms with Gasteiger partial charge in [-0.05, 0) is 231 Å². The summed E-state index contributed by atoms with van der Waals surface area (Å²) in [5.41, 5.74) is 21.2. The number of aliphatic carboxylic acids is 4. The monoisotopic (exact) mass is 1870 g/mol. The zero-order valence-electron chi connectivity index (χ0n) is 72.5. The number of fused-ring (bicyclic) bond motifs is 4. The van der Waals surface area contributed by atoms with Crippen LogP contribution in [-0.2, 0) is 86.2 Å². The number of hydrogen-bond acceptors (Lipinski definition) is 16. The van der Waals surface area contributed by atoms with Crippen LogP contribution >= 0.6 is 0 Å². The van der Waals surface area contributed by atoms with Crippen molar-refractivity contribution < 1.29 is 93.5 Å². The van der Waals surface area contributed by atoms with E-state index in [2.05, 4.69) is 228 Å². The molecule has 10 aromatic rings. The average Bonchev–Trinajstić information content (AvgIpc) is 1.56. The molecule has 0 fully saturated rings. The van der Waals surface area contributed by atoms with Crippen LogP contribution in [0.5, 0.6) is 0 Å². The van der Waals surface area contributed by atoms with Gasteiger partial charge < -0.3 is 55.1 Å². The molecular formula is C103H119IrN6O15-. The maximum Gasteiger partial charge on any atom is 0.326 e. The molecule has 125 heavy (non-hydrogen) atoms. The van der Waals surface area contributed by atoms with Crippen molar-refractivity contribution in [2.75, 3.05) is 62.3 Å². The number of nitrogens with zero attached hydrogens (tertiary/aromatic N) is 5. The number of aliphatic hydroxyl groups is 1. The minimum absolute atomic E-state index is 0. The summed E-state index contributed by atoms with van der Waals surface area (Å²) in [7, 11) is 0. The van der Waals surface area contributed by atoms with E-state index in [9.17, 15) is 48.6 Å². The summed E-state index contributed by atoms with van der Waals surface area (Å²) in [6.07, 6.45) is 18.3. The fraction of sp³-hybridized carbons (Fsp3) is 0.350. The number of aliphatic hydroxyl groups excluding tert-OH is 1. The number of nitrogens with one attached hydrogen (secondary N) is 1. The zero-order valence-corrected chi connectivity index (χ0v) is 74.9.